The largest absolute Gasteiger partial charge is 0.478 e. The zero-order chi connectivity index (χ0) is 13.0. The number of carbonyl (C=O) groups is 1. The standard InChI is InChI=1S/C14H12N2O2/c1-2-3-8-15-13-10-6-4-5-7-12(10)16-9-11(13)14(17)18/h1,4-7,9H,3,8H2,(H,15,16)(H,17,18). The fourth-order valence-corrected chi connectivity index (χ4v) is 1.75. The van der Waals surface area contributed by atoms with Crippen LogP contribution in [0.5, 0.6) is 0 Å². The molecule has 0 saturated heterocycles. The van der Waals surface area contributed by atoms with E-state index in [1.165, 1.54) is 6.20 Å². The van der Waals surface area contributed by atoms with Gasteiger partial charge in [-0.2, -0.15) is 0 Å². The molecule has 1 aromatic heterocycles. The van der Waals surface area contributed by atoms with Gasteiger partial charge < -0.3 is 10.4 Å². The van der Waals surface area contributed by atoms with Crippen molar-refractivity contribution in [3.8, 4) is 12.3 Å². The number of benzene rings is 1. The molecule has 0 unspecified atom stereocenters. The summed E-state index contributed by atoms with van der Waals surface area (Å²) >= 11 is 0. The topological polar surface area (TPSA) is 62.2 Å². The van der Waals surface area contributed by atoms with E-state index in [0.29, 0.717) is 18.7 Å². The van der Waals surface area contributed by atoms with Gasteiger partial charge in [0, 0.05) is 24.5 Å². The first-order chi connectivity index (χ1) is 8.74. The van der Waals surface area contributed by atoms with E-state index in [0.717, 1.165) is 10.9 Å². The Morgan fingerprint density at radius 3 is 2.94 bits per heavy atom. The van der Waals surface area contributed by atoms with Crippen LogP contribution in [0.1, 0.15) is 16.8 Å². The number of anilines is 1. The molecule has 0 bridgehead atoms. The molecule has 0 amide bonds. The van der Waals surface area contributed by atoms with Crippen molar-refractivity contribution in [2.75, 3.05) is 11.9 Å². The van der Waals surface area contributed by atoms with Crippen LogP contribution in [0.4, 0.5) is 5.69 Å². The average molecular weight is 240 g/mol. The first-order valence-electron chi connectivity index (χ1n) is 5.52. The number of fused-ring (bicyclic) bond motifs is 1. The lowest BCUT2D eigenvalue weighted by atomic mass is 10.1. The van der Waals surface area contributed by atoms with Crippen LogP contribution in [-0.2, 0) is 0 Å². The highest BCUT2D eigenvalue weighted by Gasteiger charge is 2.13. The van der Waals surface area contributed by atoms with Crippen LogP contribution in [0.15, 0.2) is 30.5 Å². The number of pyridine rings is 1. The Morgan fingerprint density at radius 1 is 1.44 bits per heavy atom. The normalized spacial score (nSPS) is 9.94. The summed E-state index contributed by atoms with van der Waals surface area (Å²) in [6.45, 7) is 0.533. The summed E-state index contributed by atoms with van der Waals surface area (Å²) in [5.74, 6) is 1.51. The van der Waals surface area contributed by atoms with E-state index in [1.54, 1.807) is 0 Å². The summed E-state index contributed by atoms with van der Waals surface area (Å²) in [5.41, 5.74) is 1.49. The molecule has 0 radical (unpaired) electrons. The van der Waals surface area contributed by atoms with Crippen LogP contribution in [0.25, 0.3) is 10.9 Å². The number of terminal acetylenes is 1. The Morgan fingerprint density at radius 2 is 2.22 bits per heavy atom. The minimum absolute atomic E-state index is 0.158. The molecule has 0 aliphatic carbocycles. The highest BCUT2D eigenvalue weighted by atomic mass is 16.4. The van der Waals surface area contributed by atoms with E-state index >= 15 is 0 Å². The van der Waals surface area contributed by atoms with E-state index < -0.39 is 5.97 Å². The van der Waals surface area contributed by atoms with Crippen molar-refractivity contribution in [2.45, 2.75) is 6.42 Å². The van der Waals surface area contributed by atoms with Crippen molar-refractivity contribution >= 4 is 22.6 Å². The lowest BCUT2D eigenvalue weighted by molar-refractivity contribution is 0.0697. The fraction of sp³-hybridized carbons (Fsp3) is 0.143. The van der Waals surface area contributed by atoms with Gasteiger partial charge >= 0.3 is 5.97 Å². The van der Waals surface area contributed by atoms with E-state index in [9.17, 15) is 4.79 Å². The molecule has 2 rings (SSSR count). The Bertz CT molecular complexity index is 629. The van der Waals surface area contributed by atoms with Crippen LogP contribution in [0.3, 0.4) is 0 Å². The minimum Gasteiger partial charge on any atom is -0.478 e. The number of nitrogens with zero attached hydrogens (tertiary/aromatic N) is 1. The number of aromatic nitrogens is 1. The third-order valence-corrected chi connectivity index (χ3v) is 2.58. The molecule has 0 saturated carbocycles. The molecule has 0 aliphatic heterocycles. The average Bonchev–Trinajstić information content (AvgIpc) is 2.38. The van der Waals surface area contributed by atoms with Gasteiger partial charge in [0.15, 0.2) is 0 Å². The molecule has 2 aromatic rings. The maximum Gasteiger partial charge on any atom is 0.339 e. The molecule has 0 fully saturated rings. The Hall–Kier alpha value is -2.54. The van der Waals surface area contributed by atoms with Gasteiger partial charge in [-0.1, -0.05) is 18.2 Å². The monoisotopic (exact) mass is 240 g/mol. The molecule has 18 heavy (non-hydrogen) atoms. The number of nitrogens with one attached hydrogen (secondary N) is 1. The number of hydrogen-bond donors (Lipinski definition) is 2. The predicted octanol–water partition coefficient (Wildman–Crippen LogP) is 2.37. The summed E-state index contributed by atoms with van der Waals surface area (Å²) in [7, 11) is 0. The number of rotatable bonds is 4. The van der Waals surface area contributed by atoms with Crippen molar-refractivity contribution in [2.24, 2.45) is 0 Å². The molecular weight excluding hydrogens is 228 g/mol. The smallest absolute Gasteiger partial charge is 0.339 e. The predicted molar refractivity (Wildman–Crippen MR) is 70.6 cm³/mol. The zero-order valence-corrected chi connectivity index (χ0v) is 9.68. The van der Waals surface area contributed by atoms with Gasteiger partial charge in [0.25, 0.3) is 0 Å². The maximum atomic E-state index is 11.2. The second kappa shape index (κ2) is 5.19. The summed E-state index contributed by atoms with van der Waals surface area (Å²) in [6, 6.07) is 7.39. The molecule has 90 valence electrons. The Kier molecular flexibility index (Phi) is 3.44. The van der Waals surface area contributed by atoms with Crippen molar-refractivity contribution in [1.82, 2.24) is 4.98 Å². The summed E-state index contributed by atoms with van der Waals surface area (Å²) in [5, 5.41) is 13.0. The minimum atomic E-state index is -1.00. The molecule has 4 nitrogen and oxygen atoms in total. The van der Waals surface area contributed by atoms with Crippen LogP contribution in [-0.4, -0.2) is 22.6 Å². The third-order valence-electron chi connectivity index (χ3n) is 2.58. The van der Waals surface area contributed by atoms with Gasteiger partial charge in [-0.15, -0.1) is 12.3 Å². The lowest BCUT2D eigenvalue weighted by Crippen LogP contribution is -2.08. The molecule has 0 spiro atoms. The number of aromatic carboxylic acids is 1. The first kappa shape index (κ1) is 11.9. The van der Waals surface area contributed by atoms with Crippen molar-refractivity contribution in [3.63, 3.8) is 0 Å². The number of para-hydroxylation sites is 1. The van der Waals surface area contributed by atoms with Crippen LogP contribution >= 0.6 is 0 Å². The van der Waals surface area contributed by atoms with Gasteiger partial charge in [0.2, 0.25) is 0 Å². The van der Waals surface area contributed by atoms with Crippen molar-refractivity contribution in [3.05, 3.63) is 36.0 Å². The van der Waals surface area contributed by atoms with Gasteiger partial charge in [0.05, 0.1) is 11.2 Å². The fourth-order valence-electron chi connectivity index (χ4n) is 1.75. The SMILES string of the molecule is C#CCCNc1c(C(=O)O)cnc2ccccc12. The van der Waals surface area contributed by atoms with Gasteiger partial charge in [-0.3, -0.25) is 4.98 Å². The lowest BCUT2D eigenvalue weighted by Gasteiger charge is -2.11. The van der Waals surface area contributed by atoms with Crippen molar-refractivity contribution < 1.29 is 9.90 Å². The number of carboxylic acids is 1. The zero-order valence-electron chi connectivity index (χ0n) is 9.68. The third kappa shape index (κ3) is 2.25. The van der Waals surface area contributed by atoms with E-state index in [2.05, 4.69) is 16.2 Å². The number of hydrogen-bond acceptors (Lipinski definition) is 3. The maximum absolute atomic E-state index is 11.2. The summed E-state index contributed by atoms with van der Waals surface area (Å²) in [6.07, 6.45) is 7.09. The molecular formula is C14H12N2O2. The van der Waals surface area contributed by atoms with Crippen LogP contribution in [0.2, 0.25) is 0 Å². The number of carboxylic acid groups (broad SMARTS) is 1. The Labute approximate surface area is 105 Å². The Balaban J connectivity index is 2.52. The molecule has 2 N–H and O–H groups in total. The molecule has 0 atom stereocenters. The second-order valence-electron chi connectivity index (χ2n) is 3.75. The first-order valence-corrected chi connectivity index (χ1v) is 5.52. The van der Waals surface area contributed by atoms with Gasteiger partial charge in [-0.05, 0) is 6.07 Å². The van der Waals surface area contributed by atoms with E-state index in [-0.39, 0.29) is 5.56 Å². The summed E-state index contributed by atoms with van der Waals surface area (Å²) in [4.78, 5) is 15.3. The quantitative estimate of drug-likeness (QED) is 0.636. The second-order valence-corrected chi connectivity index (χ2v) is 3.75. The van der Waals surface area contributed by atoms with E-state index in [4.69, 9.17) is 11.5 Å². The molecule has 1 heterocycles. The van der Waals surface area contributed by atoms with Gasteiger partial charge in [0.1, 0.15) is 5.56 Å². The highest BCUT2D eigenvalue weighted by Crippen LogP contribution is 2.25. The molecule has 0 aliphatic rings. The highest BCUT2D eigenvalue weighted by molar-refractivity contribution is 6.04. The van der Waals surface area contributed by atoms with Crippen LogP contribution in [0, 0.1) is 12.3 Å². The van der Waals surface area contributed by atoms with E-state index in [1.807, 2.05) is 24.3 Å². The van der Waals surface area contributed by atoms with Gasteiger partial charge in [-0.25, -0.2) is 4.79 Å². The molecule has 1 aromatic carbocycles. The van der Waals surface area contributed by atoms with Crippen LogP contribution < -0.4 is 5.32 Å². The van der Waals surface area contributed by atoms with Crippen molar-refractivity contribution in [1.29, 1.82) is 0 Å². The molecule has 4 heteroatoms. The summed E-state index contributed by atoms with van der Waals surface area (Å²) < 4.78 is 0.